The highest BCUT2D eigenvalue weighted by Crippen LogP contribution is 2.15. The van der Waals surface area contributed by atoms with Crippen LogP contribution in [-0.2, 0) is 13.1 Å². The molecule has 0 spiro atoms. The van der Waals surface area contributed by atoms with Gasteiger partial charge in [-0.2, -0.15) is 5.10 Å². The van der Waals surface area contributed by atoms with Gasteiger partial charge < -0.3 is 10.2 Å². The molecule has 7 nitrogen and oxygen atoms in total. The van der Waals surface area contributed by atoms with Gasteiger partial charge in [0.25, 0.3) is 0 Å². The van der Waals surface area contributed by atoms with Crippen LogP contribution in [0.2, 0.25) is 0 Å². The summed E-state index contributed by atoms with van der Waals surface area (Å²) >= 11 is 1.53. The zero-order chi connectivity index (χ0) is 16.8. The topological polar surface area (TPSA) is 75.9 Å². The molecule has 24 heavy (non-hydrogen) atoms. The molecule has 0 aliphatic rings. The Morgan fingerprint density at radius 2 is 2.21 bits per heavy atom. The first-order valence-electron chi connectivity index (χ1n) is 7.49. The van der Waals surface area contributed by atoms with Gasteiger partial charge in [0.15, 0.2) is 0 Å². The van der Waals surface area contributed by atoms with Crippen LogP contribution in [0.5, 0.6) is 0 Å². The summed E-state index contributed by atoms with van der Waals surface area (Å²) in [6.07, 6.45) is 4.86. The number of aromatic nitrogens is 4. The lowest BCUT2D eigenvalue weighted by Crippen LogP contribution is -2.40. The molecule has 1 aromatic carbocycles. The number of amides is 2. The number of thiazole rings is 1. The molecule has 0 radical (unpaired) electrons. The molecule has 0 bridgehead atoms. The lowest BCUT2D eigenvalue weighted by molar-refractivity contribution is 0.200. The van der Waals surface area contributed by atoms with Crippen LogP contribution in [0.3, 0.4) is 0 Å². The summed E-state index contributed by atoms with van der Waals surface area (Å²) in [7, 11) is 1.76. The van der Waals surface area contributed by atoms with E-state index in [0.717, 1.165) is 10.6 Å². The third kappa shape index (κ3) is 4.17. The van der Waals surface area contributed by atoms with Crippen LogP contribution in [0, 0.1) is 0 Å². The minimum atomic E-state index is -0.195. The molecular formula is C16H18N6OS. The number of benzene rings is 1. The predicted octanol–water partition coefficient (Wildman–Crippen LogP) is 2.32. The van der Waals surface area contributed by atoms with E-state index in [2.05, 4.69) is 20.4 Å². The van der Waals surface area contributed by atoms with E-state index in [-0.39, 0.29) is 12.1 Å². The van der Waals surface area contributed by atoms with Gasteiger partial charge in [0.2, 0.25) is 0 Å². The van der Waals surface area contributed by atoms with E-state index < -0.39 is 0 Å². The van der Waals surface area contributed by atoms with Gasteiger partial charge in [-0.25, -0.2) is 14.8 Å². The minimum Gasteiger partial charge on any atom is -0.329 e. The van der Waals surface area contributed by atoms with Gasteiger partial charge in [0.1, 0.15) is 17.7 Å². The van der Waals surface area contributed by atoms with Gasteiger partial charge in [-0.15, -0.1) is 11.3 Å². The Balaban J connectivity index is 1.69. The van der Waals surface area contributed by atoms with Crippen LogP contribution in [0.1, 0.15) is 16.6 Å². The molecule has 1 atom stereocenters. The Morgan fingerprint density at radius 3 is 2.88 bits per heavy atom. The van der Waals surface area contributed by atoms with Crippen LogP contribution in [-0.4, -0.2) is 37.7 Å². The molecule has 0 unspecified atom stereocenters. The van der Waals surface area contributed by atoms with E-state index in [0.29, 0.717) is 13.1 Å². The molecule has 0 saturated carbocycles. The van der Waals surface area contributed by atoms with Crippen molar-refractivity contribution in [2.24, 2.45) is 0 Å². The molecule has 2 aromatic heterocycles. The van der Waals surface area contributed by atoms with E-state index >= 15 is 0 Å². The van der Waals surface area contributed by atoms with Crippen LogP contribution >= 0.6 is 11.3 Å². The zero-order valence-electron chi connectivity index (χ0n) is 13.2. The maximum atomic E-state index is 12.5. The van der Waals surface area contributed by atoms with Crippen molar-refractivity contribution in [1.29, 1.82) is 0 Å². The lowest BCUT2D eigenvalue weighted by atomic mass is 10.1. The highest BCUT2D eigenvalue weighted by atomic mass is 32.1. The van der Waals surface area contributed by atoms with Gasteiger partial charge in [0, 0.05) is 18.6 Å². The Labute approximate surface area is 144 Å². The first kappa shape index (κ1) is 16.1. The molecule has 0 aliphatic heterocycles. The Kier molecular flexibility index (Phi) is 5.17. The van der Waals surface area contributed by atoms with Crippen molar-refractivity contribution in [2.45, 2.75) is 19.1 Å². The SMILES string of the molecule is CN(Cc1nccs1)C(=O)N[C@@H](Cn1cncn1)c1ccccc1. The fourth-order valence-electron chi connectivity index (χ4n) is 2.30. The molecule has 0 fully saturated rings. The standard InChI is InChI=1S/C16H18N6OS/c1-21(10-15-18-7-8-24-15)16(23)20-14(9-22-12-17-11-19-22)13-5-3-2-4-6-13/h2-8,11-12,14H,9-10H2,1H3,(H,20,23)/t14-/m0/s1. The van der Waals surface area contributed by atoms with Gasteiger partial charge in [-0.05, 0) is 5.56 Å². The number of nitrogens with zero attached hydrogens (tertiary/aromatic N) is 5. The molecule has 0 saturated heterocycles. The van der Waals surface area contributed by atoms with E-state index in [1.807, 2.05) is 35.7 Å². The highest BCUT2D eigenvalue weighted by molar-refractivity contribution is 7.09. The first-order chi connectivity index (χ1) is 11.7. The molecule has 3 rings (SSSR count). The Bertz CT molecular complexity index is 744. The summed E-state index contributed by atoms with van der Waals surface area (Å²) < 4.78 is 1.71. The summed E-state index contributed by atoms with van der Waals surface area (Å²) in [6.45, 7) is 0.995. The molecule has 2 heterocycles. The molecule has 1 N–H and O–H groups in total. The lowest BCUT2D eigenvalue weighted by Gasteiger charge is -2.23. The molecule has 0 aliphatic carbocycles. The van der Waals surface area contributed by atoms with Crippen LogP contribution in [0.4, 0.5) is 4.79 Å². The van der Waals surface area contributed by atoms with Gasteiger partial charge in [0.05, 0.1) is 19.1 Å². The molecule has 124 valence electrons. The second-order valence-electron chi connectivity index (χ2n) is 5.31. The van der Waals surface area contributed by atoms with Crippen molar-refractivity contribution in [3.05, 3.63) is 65.1 Å². The first-order valence-corrected chi connectivity index (χ1v) is 8.37. The smallest absolute Gasteiger partial charge is 0.318 e. The van der Waals surface area contributed by atoms with Crippen molar-refractivity contribution < 1.29 is 4.79 Å². The molecule has 3 aromatic rings. The third-order valence-electron chi connectivity index (χ3n) is 3.54. The number of rotatable bonds is 6. The monoisotopic (exact) mass is 342 g/mol. The second kappa shape index (κ2) is 7.69. The summed E-state index contributed by atoms with van der Waals surface area (Å²) in [5.74, 6) is 0. The number of carbonyl (C=O) groups is 1. The quantitative estimate of drug-likeness (QED) is 0.746. The predicted molar refractivity (Wildman–Crippen MR) is 91.3 cm³/mol. The van der Waals surface area contributed by atoms with Crippen LogP contribution < -0.4 is 5.32 Å². The summed E-state index contributed by atoms with van der Waals surface area (Å²) in [4.78, 5) is 22.3. The highest BCUT2D eigenvalue weighted by Gasteiger charge is 2.18. The summed E-state index contributed by atoms with van der Waals surface area (Å²) in [5.41, 5.74) is 1.02. The van der Waals surface area contributed by atoms with Gasteiger partial charge in [-0.1, -0.05) is 30.3 Å². The minimum absolute atomic E-state index is 0.154. The number of carbonyl (C=O) groups excluding carboxylic acids is 1. The number of urea groups is 1. The van der Waals surface area contributed by atoms with Crippen LogP contribution in [0.15, 0.2) is 54.6 Å². The fourth-order valence-corrected chi connectivity index (χ4v) is 2.97. The average Bonchev–Trinajstić information content (AvgIpc) is 3.29. The van der Waals surface area contributed by atoms with E-state index in [1.54, 1.807) is 29.2 Å². The molecule has 8 heteroatoms. The van der Waals surface area contributed by atoms with Gasteiger partial charge >= 0.3 is 6.03 Å². The zero-order valence-corrected chi connectivity index (χ0v) is 14.1. The second-order valence-corrected chi connectivity index (χ2v) is 6.29. The summed E-state index contributed by atoms with van der Waals surface area (Å²) in [5, 5.41) is 9.99. The molecule has 2 amide bonds. The average molecular weight is 342 g/mol. The maximum Gasteiger partial charge on any atom is 0.318 e. The largest absolute Gasteiger partial charge is 0.329 e. The Morgan fingerprint density at radius 1 is 1.38 bits per heavy atom. The third-order valence-corrected chi connectivity index (χ3v) is 4.30. The van der Waals surface area contributed by atoms with Crippen molar-refractivity contribution in [3.8, 4) is 0 Å². The number of hydrogen-bond donors (Lipinski definition) is 1. The van der Waals surface area contributed by atoms with Gasteiger partial charge in [-0.3, -0.25) is 4.68 Å². The Hall–Kier alpha value is -2.74. The normalized spacial score (nSPS) is 11.9. The van der Waals surface area contributed by atoms with E-state index in [9.17, 15) is 4.79 Å². The van der Waals surface area contributed by atoms with Crippen molar-refractivity contribution in [1.82, 2.24) is 30.0 Å². The summed E-state index contributed by atoms with van der Waals surface area (Å²) in [6, 6.07) is 9.49. The maximum absolute atomic E-state index is 12.5. The van der Waals surface area contributed by atoms with E-state index in [1.165, 1.54) is 17.7 Å². The van der Waals surface area contributed by atoms with Crippen LogP contribution in [0.25, 0.3) is 0 Å². The fraction of sp³-hybridized carbons (Fsp3) is 0.250. The van der Waals surface area contributed by atoms with E-state index in [4.69, 9.17) is 0 Å². The number of nitrogens with one attached hydrogen (secondary N) is 1. The van der Waals surface area contributed by atoms with Crippen molar-refractivity contribution in [2.75, 3.05) is 7.05 Å². The van der Waals surface area contributed by atoms with Crippen molar-refractivity contribution >= 4 is 17.4 Å². The number of hydrogen-bond acceptors (Lipinski definition) is 5. The van der Waals surface area contributed by atoms with Crippen molar-refractivity contribution in [3.63, 3.8) is 0 Å². The molecular weight excluding hydrogens is 324 g/mol.